The Morgan fingerprint density at radius 3 is 2.88 bits per heavy atom. The molecule has 0 aliphatic carbocycles. The molecule has 0 spiro atoms. The number of nitrogens with zero attached hydrogens (tertiary/aromatic N) is 3. The lowest BCUT2D eigenvalue weighted by atomic mass is 10.5. The van der Waals surface area contributed by atoms with E-state index in [0.29, 0.717) is 13.0 Å². The van der Waals surface area contributed by atoms with Crippen molar-refractivity contribution in [2.24, 2.45) is 5.10 Å². The van der Waals surface area contributed by atoms with E-state index in [0.717, 1.165) is 5.12 Å². The van der Waals surface area contributed by atoms with Gasteiger partial charge in [-0.2, -0.15) is 0 Å². The molecule has 0 saturated heterocycles. The second-order valence-electron chi connectivity index (χ2n) is 1.42. The van der Waals surface area contributed by atoms with E-state index in [4.69, 9.17) is 0 Å². The van der Waals surface area contributed by atoms with Crippen molar-refractivity contribution in [2.45, 2.75) is 6.42 Å². The Morgan fingerprint density at radius 1 is 1.88 bits per heavy atom. The van der Waals surface area contributed by atoms with Gasteiger partial charge in [-0.3, -0.25) is 0 Å². The number of hydrazone groups is 1. The molecule has 0 aromatic carbocycles. The van der Waals surface area contributed by atoms with Gasteiger partial charge in [0.25, 0.3) is 0 Å². The molecule has 8 heavy (non-hydrogen) atoms. The Kier molecular flexibility index (Phi) is 1.11. The molecule has 1 rings (SSSR count). The summed E-state index contributed by atoms with van der Waals surface area (Å²) in [5, 5.41) is 13.6. The zero-order valence-electron chi connectivity index (χ0n) is 4.15. The summed E-state index contributed by atoms with van der Waals surface area (Å²) in [4.78, 5) is 9.82. The van der Waals surface area contributed by atoms with Gasteiger partial charge < -0.3 is 10.1 Å². The Morgan fingerprint density at radius 2 is 2.62 bits per heavy atom. The third kappa shape index (κ3) is 0.749. The van der Waals surface area contributed by atoms with Crippen LogP contribution in [-0.4, -0.2) is 22.9 Å². The minimum Gasteiger partial charge on any atom is -0.339 e. The van der Waals surface area contributed by atoms with Crippen molar-refractivity contribution in [1.82, 2.24) is 5.12 Å². The molecule has 0 amide bonds. The van der Waals surface area contributed by atoms with Gasteiger partial charge in [0.05, 0.1) is 5.03 Å². The van der Waals surface area contributed by atoms with E-state index >= 15 is 0 Å². The van der Waals surface area contributed by atoms with Crippen LogP contribution < -0.4 is 0 Å². The normalized spacial score (nSPS) is 17.2. The van der Waals surface area contributed by atoms with Gasteiger partial charge in [0.2, 0.25) is 0 Å². The molecule has 0 unspecified atom stereocenters. The maximum Gasteiger partial charge on any atom is 0.144 e. The first-order valence-corrected chi connectivity index (χ1v) is 2.25. The van der Waals surface area contributed by atoms with Crippen LogP contribution in [0.5, 0.6) is 0 Å². The molecular formula is C3H5N3O2. The summed E-state index contributed by atoms with van der Waals surface area (Å²) in [6.07, 6.45) is 2.21. The van der Waals surface area contributed by atoms with E-state index in [-0.39, 0.29) is 0 Å². The number of hydrazine groups is 1. The standard InChI is InChI=1S/C3H5N3O2/c7-6(8)5-3-1-2-4-5/h2H,1,3H2. The summed E-state index contributed by atoms with van der Waals surface area (Å²) in [6.45, 7) is 0.410. The second-order valence-corrected chi connectivity index (χ2v) is 1.42. The minimum absolute atomic E-state index is 0.410. The van der Waals surface area contributed by atoms with Crippen LogP contribution in [0.25, 0.3) is 0 Å². The van der Waals surface area contributed by atoms with Gasteiger partial charge in [-0.05, 0) is 5.12 Å². The molecule has 0 saturated carbocycles. The summed E-state index contributed by atoms with van der Waals surface area (Å²) < 4.78 is 0. The summed E-state index contributed by atoms with van der Waals surface area (Å²) >= 11 is 0. The van der Waals surface area contributed by atoms with Gasteiger partial charge >= 0.3 is 0 Å². The molecule has 0 bridgehead atoms. The Hall–Kier alpha value is -1.13. The van der Waals surface area contributed by atoms with Gasteiger partial charge in [-0.15, -0.1) is 0 Å². The first kappa shape index (κ1) is 5.02. The summed E-state index contributed by atoms with van der Waals surface area (Å²) in [5.41, 5.74) is 0. The van der Waals surface area contributed by atoms with Crippen LogP contribution in [0.1, 0.15) is 6.42 Å². The van der Waals surface area contributed by atoms with Gasteiger partial charge in [0.15, 0.2) is 0 Å². The molecule has 44 valence electrons. The van der Waals surface area contributed by atoms with Gasteiger partial charge in [0, 0.05) is 11.5 Å². The highest BCUT2D eigenvalue weighted by molar-refractivity contribution is 5.58. The highest BCUT2D eigenvalue weighted by Crippen LogP contribution is 1.97. The van der Waals surface area contributed by atoms with Crippen LogP contribution >= 0.6 is 0 Å². The third-order valence-corrected chi connectivity index (χ3v) is 0.862. The fraction of sp³-hybridized carbons (Fsp3) is 0.667. The zero-order valence-corrected chi connectivity index (χ0v) is 4.15. The molecule has 5 nitrogen and oxygen atoms in total. The van der Waals surface area contributed by atoms with Gasteiger partial charge in [-0.1, -0.05) is 0 Å². The molecule has 1 heterocycles. The molecule has 0 N–H and O–H groups in total. The molecule has 1 aliphatic heterocycles. The minimum atomic E-state index is -0.524. The Balaban J connectivity index is 2.48. The molecule has 0 aromatic heterocycles. The van der Waals surface area contributed by atoms with E-state index in [9.17, 15) is 10.1 Å². The lowest BCUT2D eigenvalue weighted by Crippen LogP contribution is -2.21. The fourth-order valence-electron chi connectivity index (χ4n) is 0.507. The zero-order chi connectivity index (χ0) is 5.98. The summed E-state index contributed by atoms with van der Waals surface area (Å²) in [6, 6.07) is 0. The van der Waals surface area contributed by atoms with Crippen molar-refractivity contribution < 1.29 is 5.03 Å². The smallest absolute Gasteiger partial charge is 0.144 e. The van der Waals surface area contributed by atoms with Crippen LogP contribution in [0.15, 0.2) is 5.10 Å². The van der Waals surface area contributed by atoms with Crippen LogP contribution in [0.4, 0.5) is 0 Å². The quantitative estimate of drug-likeness (QED) is 0.353. The highest BCUT2D eigenvalue weighted by atomic mass is 16.7. The monoisotopic (exact) mass is 115 g/mol. The van der Waals surface area contributed by atoms with Crippen LogP contribution in [-0.2, 0) is 0 Å². The van der Waals surface area contributed by atoms with Crippen LogP contribution in [0.2, 0.25) is 0 Å². The lowest BCUT2D eigenvalue weighted by molar-refractivity contribution is -0.654. The Bertz CT molecular complexity index is 132. The van der Waals surface area contributed by atoms with Crippen molar-refractivity contribution in [2.75, 3.05) is 6.54 Å². The van der Waals surface area contributed by atoms with Gasteiger partial charge in [-0.25, -0.2) is 0 Å². The van der Waals surface area contributed by atoms with Gasteiger partial charge in [0.1, 0.15) is 12.8 Å². The maximum absolute atomic E-state index is 9.82. The van der Waals surface area contributed by atoms with Crippen molar-refractivity contribution in [3.05, 3.63) is 10.1 Å². The predicted molar refractivity (Wildman–Crippen MR) is 26.8 cm³/mol. The number of hydrogen-bond donors (Lipinski definition) is 0. The van der Waals surface area contributed by atoms with Crippen molar-refractivity contribution in [1.29, 1.82) is 0 Å². The molecule has 1 aliphatic rings. The number of hydrogen-bond acceptors (Lipinski definition) is 3. The fourth-order valence-corrected chi connectivity index (χ4v) is 0.507. The molecule has 0 fully saturated rings. The van der Waals surface area contributed by atoms with E-state index in [2.05, 4.69) is 5.10 Å². The topological polar surface area (TPSA) is 58.7 Å². The van der Waals surface area contributed by atoms with Crippen LogP contribution in [0.3, 0.4) is 0 Å². The highest BCUT2D eigenvalue weighted by Gasteiger charge is 2.15. The molecule has 0 aromatic rings. The number of nitro groups is 1. The second kappa shape index (κ2) is 1.77. The summed E-state index contributed by atoms with van der Waals surface area (Å²) in [7, 11) is 0. The van der Waals surface area contributed by atoms with Crippen molar-refractivity contribution >= 4 is 6.21 Å². The maximum atomic E-state index is 9.82. The van der Waals surface area contributed by atoms with Crippen molar-refractivity contribution in [3.8, 4) is 0 Å². The number of rotatable bonds is 1. The first-order chi connectivity index (χ1) is 3.80. The third-order valence-electron chi connectivity index (χ3n) is 0.862. The molecule has 0 radical (unpaired) electrons. The Labute approximate surface area is 45.7 Å². The van der Waals surface area contributed by atoms with E-state index in [1.54, 1.807) is 0 Å². The average Bonchev–Trinajstić information content (AvgIpc) is 2.12. The largest absolute Gasteiger partial charge is 0.339 e. The van der Waals surface area contributed by atoms with E-state index in [1.807, 2.05) is 0 Å². The SMILES string of the molecule is O=[N+]([O-])N1CCC=N1. The van der Waals surface area contributed by atoms with E-state index < -0.39 is 5.03 Å². The first-order valence-electron chi connectivity index (χ1n) is 2.25. The average molecular weight is 115 g/mol. The molecule has 5 heteroatoms. The predicted octanol–water partition coefficient (Wildman–Crippen LogP) is -0.130. The molecule has 0 atom stereocenters. The van der Waals surface area contributed by atoms with Crippen LogP contribution in [0, 0.1) is 10.1 Å². The lowest BCUT2D eigenvalue weighted by Gasteiger charge is -1.99. The molecular weight excluding hydrogens is 110 g/mol. The van der Waals surface area contributed by atoms with E-state index in [1.165, 1.54) is 6.21 Å². The summed E-state index contributed by atoms with van der Waals surface area (Å²) in [5.74, 6) is 0. The van der Waals surface area contributed by atoms with Crippen molar-refractivity contribution in [3.63, 3.8) is 0 Å².